The van der Waals surface area contributed by atoms with Crippen molar-refractivity contribution in [3.63, 3.8) is 0 Å². The molecule has 14 heteroatoms. The number of halogens is 4. The van der Waals surface area contributed by atoms with Crippen LogP contribution in [0.2, 0.25) is 5.15 Å². The van der Waals surface area contributed by atoms with Crippen LogP contribution < -0.4 is 4.74 Å². The zero-order chi connectivity index (χ0) is 30.5. The molecule has 42 heavy (non-hydrogen) atoms. The van der Waals surface area contributed by atoms with E-state index in [1.54, 1.807) is 48.3 Å². The quantitative estimate of drug-likeness (QED) is 0.0991. The number of hydrogen-bond donors (Lipinski definition) is 0. The van der Waals surface area contributed by atoms with E-state index in [0.717, 1.165) is 35.6 Å². The summed E-state index contributed by atoms with van der Waals surface area (Å²) in [5.41, 5.74) is 1.22. The molecule has 0 bridgehead atoms. The number of nitrogens with zero attached hydrogens (tertiary/aromatic N) is 5. The Morgan fingerprint density at radius 1 is 1.19 bits per heavy atom. The largest absolute Gasteiger partial charge is 0.503 e. The second kappa shape index (κ2) is 15.6. The number of aliphatic imine (C=N–C) groups is 1. The molecule has 9 nitrogen and oxygen atoms in total. The first-order valence-electron chi connectivity index (χ1n) is 12.2. The van der Waals surface area contributed by atoms with E-state index in [0.29, 0.717) is 16.3 Å². The molecule has 4 rings (SSSR count). The van der Waals surface area contributed by atoms with Gasteiger partial charge in [0.1, 0.15) is 23.0 Å². The molecule has 1 aromatic carbocycles. The van der Waals surface area contributed by atoms with Gasteiger partial charge in [0.25, 0.3) is 0 Å². The van der Waals surface area contributed by atoms with Gasteiger partial charge in [-0.15, -0.1) is 4.99 Å². The first-order chi connectivity index (χ1) is 20.2. The third kappa shape index (κ3) is 9.39. The molecule has 0 unspecified atom stereocenters. The van der Waals surface area contributed by atoms with E-state index in [2.05, 4.69) is 19.9 Å². The predicted molar refractivity (Wildman–Crippen MR) is 152 cm³/mol. The lowest BCUT2D eigenvalue weighted by Crippen LogP contribution is -2.23. The molecule has 1 saturated heterocycles. The highest BCUT2D eigenvalue weighted by molar-refractivity contribution is 8.14. The lowest BCUT2D eigenvalue weighted by atomic mass is 10.0. The Labute approximate surface area is 249 Å². The lowest BCUT2D eigenvalue weighted by molar-refractivity contribution is -0.141. The molecule has 0 saturated carbocycles. The van der Waals surface area contributed by atoms with Crippen LogP contribution in [0.15, 0.2) is 72.0 Å². The molecular formula is C28H25ClF3N5O4S. The molecule has 1 fully saturated rings. The summed E-state index contributed by atoms with van der Waals surface area (Å²) in [6.45, 7) is 1.54. The normalized spacial score (nSPS) is 14.1. The Kier molecular flexibility index (Phi) is 12.0. The predicted octanol–water partition coefficient (Wildman–Crippen LogP) is 5.96. The van der Waals surface area contributed by atoms with Crippen molar-refractivity contribution in [2.45, 2.75) is 19.3 Å². The van der Waals surface area contributed by atoms with Crippen LogP contribution in [0.4, 0.5) is 13.2 Å². The SMILES string of the molecule is CO/C=C(/C(=O)OC)c1ccccc1COc1cccc(C(F)(F)F)n1.N#C/N=C1\SCCN1Cc1ccc(Cl)nc1. The molecule has 0 aliphatic carbocycles. The molecule has 1 aliphatic rings. The molecular weight excluding hydrogens is 595 g/mol. The van der Waals surface area contributed by atoms with Gasteiger partial charge in [0, 0.05) is 31.1 Å². The number of nitriles is 1. The fourth-order valence-corrected chi connectivity index (χ4v) is 4.66. The minimum Gasteiger partial charge on any atom is -0.503 e. The Hall–Kier alpha value is -4.28. The van der Waals surface area contributed by atoms with Crippen molar-refractivity contribution in [3.05, 3.63) is 94.6 Å². The van der Waals surface area contributed by atoms with Crippen molar-refractivity contribution in [1.29, 1.82) is 5.26 Å². The highest BCUT2D eigenvalue weighted by atomic mass is 35.5. The number of carbonyl (C=O) groups is 1. The van der Waals surface area contributed by atoms with E-state index < -0.39 is 17.8 Å². The number of alkyl halides is 3. The van der Waals surface area contributed by atoms with Gasteiger partial charge in [-0.1, -0.05) is 59.8 Å². The molecule has 3 heterocycles. The van der Waals surface area contributed by atoms with E-state index >= 15 is 0 Å². The second-order valence-corrected chi connectivity index (χ2v) is 9.77. The van der Waals surface area contributed by atoms with Gasteiger partial charge < -0.3 is 19.1 Å². The zero-order valence-electron chi connectivity index (χ0n) is 22.5. The van der Waals surface area contributed by atoms with Crippen LogP contribution in [0.3, 0.4) is 0 Å². The smallest absolute Gasteiger partial charge is 0.433 e. The van der Waals surface area contributed by atoms with Crippen molar-refractivity contribution in [1.82, 2.24) is 14.9 Å². The van der Waals surface area contributed by atoms with Crippen LogP contribution in [0.1, 0.15) is 22.4 Å². The molecule has 3 aromatic rings. The van der Waals surface area contributed by atoms with E-state index in [9.17, 15) is 18.0 Å². The van der Waals surface area contributed by atoms with E-state index in [1.807, 2.05) is 12.3 Å². The van der Waals surface area contributed by atoms with Gasteiger partial charge in [0.05, 0.1) is 20.5 Å². The van der Waals surface area contributed by atoms with Crippen LogP contribution >= 0.6 is 23.4 Å². The summed E-state index contributed by atoms with van der Waals surface area (Å²) < 4.78 is 53.2. The first kappa shape index (κ1) is 32.2. The number of benzene rings is 1. The number of thioether (sulfide) groups is 1. The fraction of sp³-hybridized carbons (Fsp3) is 0.250. The standard InChI is InChI=1S/C18H16F3NO4.C10H9ClN4S/c1-24-11-14(17(23)25-2)13-7-4-3-6-12(13)10-26-16-9-5-8-15(22-16)18(19,20)21;11-9-2-1-8(5-13-9)6-15-3-4-16-10(15)14-7-12/h3-9,11H,10H2,1-2H3;1-2,5H,3-4,6H2/b14-11+;14-10-. The minimum atomic E-state index is -4.56. The Morgan fingerprint density at radius 2 is 1.98 bits per heavy atom. The van der Waals surface area contributed by atoms with Crippen molar-refractivity contribution in [2.24, 2.45) is 4.99 Å². The van der Waals surface area contributed by atoms with E-state index in [1.165, 1.54) is 32.6 Å². The lowest BCUT2D eigenvalue weighted by Gasteiger charge is -2.16. The highest BCUT2D eigenvalue weighted by Crippen LogP contribution is 2.29. The summed E-state index contributed by atoms with van der Waals surface area (Å²) in [5, 5.41) is 9.82. The van der Waals surface area contributed by atoms with Gasteiger partial charge in [-0.05, 0) is 28.8 Å². The monoisotopic (exact) mass is 619 g/mol. The van der Waals surface area contributed by atoms with Crippen LogP contribution in [-0.4, -0.2) is 52.5 Å². The van der Waals surface area contributed by atoms with Crippen LogP contribution in [0, 0.1) is 11.5 Å². The number of aromatic nitrogens is 2. The maximum Gasteiger partial charge on any atom is 0.433 e. The zero-order valence-corrected chi connectivity index (χ0v) is 24.0. The number of hydrogen-bond acceptors (Lipinski definition) is 9. The summed E-state index contributed by atoms with van der Waals surface area (Å²) in [6.07, 6.45) is 0.239. The summed E-state index contributed by atoms with van der Waals surface area (Å²) in [6, 6.07) is 13.8. The summed E-state index contributed by atoms with van der Waals surface area (Å²) in [4.78, 5) is 25.2. The highest BCUT2D eigenvalue weighted by Gasteiger charge is 2.32. The summed E-state index contributed by atoms with van der Waals surface area (Å²) in [7, 11) is 2.62. The third-order valence-corrected chi connectivity index (χ3v) is 6.73. The van der Waals surface area contributed by atoms with Gasteiger partial charge in [-0.25, -0.2) is 14.8 Å². The summed E-state index contributed by atoms with van der Waals surface area (Å²) in [5.74, 6) is 0.183. The maximum absolute atomic E-state index is 12.7. The molecule has 0 amide bonds. The van der Waals surface area contributed by atoms with Crippen LogP contribution in [-0.2, 0) is 33.6 Å². The number of ether oxygens (including phenoxy) is 3. The third-order valence-electron chi connectivity index (χ3n) is 5.51. The first-order valence-corrected chi connectivity index (χ1v) is 13.5. The minimum absolute atomic E-state index is 0.0947. The number of amidine groups is 1. The Balaban J connectivity index is 0.000000258. The van der Waals surface area contributed by atoms with Crippen molar-refractivity contribution in [2.75, 3.05) is 26.5 Å². The topological polar surface area (TPSA) is 110 Å². The molecule has 2 aromatic heterocycles. The van der Waals surface area contributed by atoms with E-state index in [4.69, 9.17) is 31.1 Å². The molecule has 0 radical (unpaired) electrons. The Morgan fingerprint density at radius 3 is 2.64 bits per heavy atom. The number of rotatable bonds is 8. The fourth-order valence-electron chi connectivity index (χ4n) is 3.61. The number of esters is 1. The molecule has 0 atom stereocenters. The maximum atomic E-state index is 12.7. The number of carbonyl (C=O) groups excluding carboxylic acids is 1. The van der Waals surface area contributed by atoms with Gasteiger partial charge >= 0.3 is 12.1 Å². The molecule has 1 aliphatic heterocycles. The van der Waals surface area contributed by atoms with Crippen molar-refractivity contribution in [3.8, 4) is 12.1 Å². The second-order valence-electron chi connectivity index (χ2n) is 8.32. The summed E-state index contributed by atoms with van der Waals surface area (Å²) >= 11 is 7.32. The Bertz CT molecular complexity index is 1460. The van der Waals surface area contributed by atoms with Gasteiger partial charge in [0.2, 0.25) is 12.1 Å². The molecule has 0 N–H and O–H groups in total. The van der Waals surface area contributed by atoms with Gasteiger partial charge in [-0.2, -0.15) is 18.4 Å². The average Bonchev–Trinajstić information content (AvgIpc) is 3.42. The molecule has 0 spiro atoms. The average molecular weight is 620 g/mol. The van der Waals surface area contributed by atoms with Crippen molar-refractivity contribution >= 4 is 40.1 Å². The number of pyridine rings is 2. The van der Waals surface area contributed by atoms with E-state index in [-0.39, 0.29) is 18.1 Å². The van der Waals surface area contributed by atoms with Gasteiger partial charge in [0.15, 0.2) is 5.17 Å². The molecule has 220 valence electrons. The van der Waals surface area contributed by atoms with Crippen molar-refractivity contribution < 1.29 is 32.2 Å². The number of methoxy groups -OCH3 is 2. The van der Waals surface area contributed by atoms with Gasteiger partial charge in [-0.3, -0.25) is 0 Å². The van der Waals surface area contributed by atoms with Crippen LogP contribution in [0.25, 0.3) is 5.57 Å². The van der Waals surface area contributed by atoms with Crippen LogP contribution in [0.5, 0.6) is 5.88 Å².